The second-order valence-electron chi connectivity index (χ2n) is 14.0. The molecular formula is C38H42F3N5O5. The van der Waals surface area contributed by atoms with Gasteiger partial charge in [0.2, 0.25) is 0 Å². The van der Waals surface area contributed by atoms with Crippen LogP contribution in [0.4, 0.5) is 34.1 Å². The third-order valence-corrected chi connectivity index (χ3v) is 9.10. The summed E-state index contributed by atoms with van der Waals surface area (Å²) in [5.41, 5.74) is 1.68. The number of rotatable bonds is 9. The number of alkyl halides is 1. The number of aromatic nitrogens is 1. The minimum absolute atomic E-state index is 0.0854. The molecule has 0 aliphatic carbocycles. The molecule has 10 nitrogen and oxygen atoms in total. The number of nitrogens with zero attached hydrogens (tertiary/aromatic N) is 2. The van der Waals surface area contributed by atoms with Crippen molar-refractivity contribution in [2.75, 3.05) is 30.3 Å². The predicted molar refractivity (Wildman–Crippen MR) is 187 cm³/mol. The number of nitrogens with one attached hydrogen (secondary N) is 3. The van der Waals surface area contributed by atoms with Gasteiger partial charge in [0.25, 0.3) is 5.91 Å². The summed E-state index contributed by atoms with van der Waals surface area (Å²) in [6.07, 6.45) is -0.525. The number of benzene rings is 3. The Labute approximate surface area is 294 Å². The lowest BCUT2D eigenvalue weighted by atomic mass is 10.00. The van der Waals surface area contributed by atoms with Gasteiger partial charge in [0.05, 0.1) is 24.0 Å². The first kappa shape index (κ1) is 35.6. The van der Waals surface area contributed by atoms with Gasteiger partial charge in [-0.2, -0.15) is 0 Å². The molecule has 3 heterocycles. The van der Waals surface area contributed by atoms with Crippen LogP contribution in [-0.2, 0) is 22.5 Å². The van der Waals surface area contributed by atoms with E-state index >= 15 is 0 Å². The van der Waals surface area contributed by atoms with Gasteiger partial charge in [-0.15, -0.1) is 0 Å². The summed E-state index contributed by atoms with van der Waals surface area (Å²) in [7, 11) is 0. The molecule has 51 heavy (non-hydrogen) atoms. The Morgan fingerprint density at radius 3 is 2.43 bits per heavy atom. The third-order valence-electron chi connectivity index (χ3n) is 9.10. The lowest BCUT2D eigenvalue weighted by Crippen LogP contribution is -2.42. The quantitative estimate of drug-likeness (QED) is 0.164. The van der Waals surface area contributed by atoms with Crippen molar-refractivity contribution in [3.63, 3.8) is 0 Å². The zero-order chi connectivity index (χ0) is 36.3. The molecule has 270 valence electrons. The highest BCUT2D eigenvalue weighted by Crippen LogP contribution is 2.32. The van der Waals surface area contributed by atoms with Crippen LogP contribution in [0.15, 0.2) is 66.7 Å². The van der Waals surface area contributed by atoms with Gasteiger partial charge in [-0.25, -0.2) is 22.8 Å². The average Bonchev–Trinajstić information content (AvgIpc) is 3.80. The second kappa shape index (κ2) is 15.0. The Hall–Kier alpha value is -5.20. The first-order chi connectivity index (χ1) is 24.3. The summed E-state index contributed by atoms with van der Waals surface area (Å²) < 4.78 is 54.4. The second-order valence-corrected chi connectivity index (χ2v) is 14.0. The highest BCUT2D eigenvalue weighted by atomic mass is 19.1. The Kier molecular flexibility index (Phi) is 10.4. The molecular weight excluding hydrogens is 663 g/mol. The topological polar surface area (TPSA) is 116 Å². The van der Waals surface area contributed by atoms with Crippen LogP contribution in [0.25, 0.3) is 10.9 Å². The number of ether oxygens (including phenoxy) is 2. The highest BCUT2D eigenvalue weighted by molar-refractivity contribution is 6.09. The van der Waals surface area contributed by atoms with Crippen LogP contribution >= 0.6 is 0 Å². The van der Waals surface area contributed by atoms with Crippen LogP contribution in [0.5, 0.6) is 0 Å². The molecule has 13 heteroatoms. The number of aromatic amines is 1. The van der Waals surface area contributed by atoms with Crippen LogP contribution in [0.2, 0.25) is 0 Å². The van der Waals surface area contributed by atoms with Gasteiger partial charge in [0.1, 0.15) is 35.7 Å². The molecule has 0 saturated carbocycles. The van der Waals surface area contributed by atoms with Gasteiger partial charge in [-0.3, -0.25) is 4.79 Å². The molecule has 2 aliphatic heterocycles. The molecule has 0 radical (unpaired) electrons. The summed E-state index contributed by atoms with van der Waals surface area (Å²) >= 11 is 0. The van der Waals surface area contributed by atoms with E-state index in [0.717, 1.165) is 18.1 Å². The molecule has 3 atom stereocenters. The smallest absolute Gasteiger partial charge is 0.410 e. The number of carbonyl (C=O) groups is 3. The van der Waals surface area contributed by atoms with Gasteiger partial charge in [-0.1, -0.05) is 30.3 Å². The third kappa shape index (κ3) is 8.58. The number of likely N-dealkylation sites (tertiary alicyclic amines) is 2. The highest BCUT2D eigenvalue weighted by Gasteiger charge is 2.38. The van der Waals surface area contributed by atoms with E-state index < -0.39 is 47.5 Å². The fourth-order valence-corrected chi connectivity index (χ4v) is 6.74. The number of hydrogen-bond acceptors (Lipinski definition) is 6. The Morgan fingerprint density at radius 2 is 1.67 bits per heavy atom. The number of fused-ring (bicyclic) bond motifs is 1. The maximum atomic E-state index is 14.6. The van der Waals surface area contributed by atoms with Crippen LogP contribution in [-0.4, -0.2) is 76.4 Å². The Balaban J connectivity index is 1.20. The number of halogens is 3. The monoisotopic (exact) mass is 705 g/mol. The van der Waals surface area contributed by atoms with Crippen molar-refractivity contribution >= 4 is 40.4 Å². The molecule has 0 unspecified atom stereocenters. The zero-order valence-electron chi connectivity index (χ0n) is 28.8. The molecule has 3 N–H and O–H groups in total. The fraction of sp³-hybridized carbons (Fsp3) is 0.395. The van der Waals surface area contributed by atoms with Crippen molar-refractivity contribution < 1.29 is 37.0 Å². The van der Waals surface area contributed by atoms with Gasteiger partial charge in [0, 0.05) is 36.5 Å². The molecule has 0 bridgehead atoms. The van der Waals surface area contributed by atoms with E-state index in [1.165, 1.54) is 29.2 Å². The minimum atomic E-state index is -1.23. The standard InChI is InChI=1S/C38H42F3N5O5/c1-38(2,3)51-37(49)46-21-26(41)16-28(46)20-42-31-14-12-25(40)18-33(31)44-35(47)34-30(29-13-11-24(39)17-32(29)43-34)19-27-10-7-15-45(27)36(48)50-22-23-8-5-4-6-9-23/h4-6,8-9,11-14,17-18,26-28,42-43H,7,10,15-16,19-22H2,1-3H3,(H,44,47)/t26-,27-,28-/m0/s1. The summed E-state index contributed by atoms with van der Waals surface area (Å²) in [6.45, 7) is 5.81. The normalized spacial score (nSPS) is 19.0. The minimum Gasteiger partial charge on any atom is -0.445 e. The van der Waals surface area contributed by atoms with Gasteiger partial charge in [0.15, 0.2) is 0 Å². The first-order valence-electron chi connectivity index (χ1n) is 17.1. The summed E-state index contributed by atoms with van der Waals surface area (Å²) in [5, 5.41) is 6.54. The largest absolute Gasteiger partial charge is 0.445 e. The zero-order valence-corrected chi connectivity index (χ0v) is 28.8. The number of amides is 3. The van der Waals surface area contributed by atoms with Gasteiger partial charge >= 0.3 is 12.2 Å². The predicted octanol–water partition coefficient (Wildman–Crippen LogP) is 7.80. The van der Waals surface area contributed by atoms with Crippen LogP contribution < -0.4 is 10.6 Å². The van der Waals surface area contributed by atoms with Gasteiger partial charge in [-0.05, 0) is 87.6 Å². The Bertz CT molecular complexity index is 1900. The van der Waals surface area contributed by atoms with Crippen molar-refractivity contribution in [3.8, 4) is 0 Å². The van der Waals surface area contributed by atoms with Crippen LogP contribution in [0, 0.1) is 11.6 Å². The lowest BCUT2D eigenvalue weighted by molar-refractivity contribution is 0.0226. The molecule has 1 aromatic heterocycles. The molecule has 2 fully saturated rings. The maximum absolute atomic E-state index is 14.6. The Morgan fingerprint density at radius 1 is 0.922 bits per heavy atom. The number of hydrogen-bond donors (Lipinski definition) is 3. The lowest BCUT2D eigenvalue weighted by Gasteiger charge is -2.28. The fourth-order valence-electron chi connectivity index (χ4n) is 6.74. The van der Waals surface area contributed by atoms with Crippen molar-refractivity contribution in [1.29, 1.82) is 0 Å². The van der Waals surface area contributed by atoms with E-state index in [2.05, 4.69) is 15.6 Å². The molecule has 0 spiro atoms. The SMILES string of the molecule is CC(C)(C)OC(=O)N1C[C@@H](F)C[C@H]1CNc1ccc(F)cc1NC(=O)c1[nH]c2cc(F)ccc2c1C[C@@H]1CCCN1C(=O)OCc1ccccc1. The molecule has 2 aliphatic rings. The van der Waals surface area contributed by atoms with E-state index in [1.807, 2.05) is 30.3 Å². The van der Waals surface area contributed by atoms with E-state index in [4.69, 9.17) is 9.47 Å². The molecule has 6 rings (SSSR count). The van der Waals surface area contributed by atoms with Crippen molar-refractivity contribution in [2.24, 2.45) is 0 Å². The van der Waals surface area contributed by atoms with Crippen molar-refractivity contribution in [2.45, 2.75) is 76.9 Å². The van der Waals surface area contributed by atoms with E-state index in [1.54, 1.807) is 31.7 Å². The molecule has 2 saturated heterocycles. The maximum Gasteiger partial charge on any atom is 0.410 e. The molecule has 4 aromatic rings. The number of anilines is 2. The van der Waals surface area contributed by atoms with E-state index in [0.29, 0.717) is 35.1 Å². The van der Waals surface area contributed by atoms with E-state index in [9.17, 15) is 27.6 Å². The molecule has 3 amide bonds. The van der Waals surface area contributed by atoms with Crippen LogP contribution in [0.1, 0.15) is 61.6 Å². The van der Waals surface area contributed by atoms with Gasteiger partial charge < -0.3 is 34.9 Å². The summed E-state index contributed by atoms with van der Waals surface area (Å²) in [6, 6.07) is 16.5. The van der Waals surface area contributed by atoms with Crippen molar-refractivity contribution in [3.05, 3.63) is 95.2 Å². The summed E-state index contributed by atoms with van der Waals surface area (Å²) in [5.74, 6) is -1.70. The van der Waals surface area contributed by atoms with E-state index in [-0.39, 0.29) is 50.0 Å². The number of carbonyl (C=O) groups excluding carboxylic acids is 3. The molecule has 3 aromatic carbocycles. The van der Waals surface area contributed by atoms with Crippen LogP contribution in [0.3, 0.4) is 0 Å². The number of H-pyrrole nitrogens is 1. The average molecular weight is 706 g/mol. The summed E-state index contributed by atoms with van der Waals surface area (Å²) in [4.78, 5) is 46.0. The van der Waals surface area contributed by atoms with Crippen molar-refractivity contribution in [1.82, 2.24) is 14.8 Å². The first-order valence-corrected chi connectivity index (χ1v) is 17.1.